The minimum Gasteiger partial charge on any atom is -0.496 e. The standard InChI is InChI=1S/C20H23NO4/c1-23-17-5-3-2-4-16(17)7-9-20(22)21-11-10-15-6-8-18-19(14-15)25-13-12-24-18/h2-6,8,14H,7,9-13H2,1H3,(H,21,22). The summed E-state index contributed by atoms with van der Waals surface area (Å²) in [4.78, 5) is 12.0. The van der Waals surface area contributed by atoms with Crippen LogP contribution in [0.25, 0.3) is 0 Å². The Bertz CT molecular complexity index is 729. The SMILES string of the molecule is COc1ccccc1CCC(=O)NCCc1ccc2c(c1)OCCO2. The van der Waals surface area contributed by atoms with Gasteiger partial charge in [0.1, 0.15) is 19.0 Å². The van der Waals surface area contributed by atoms with Crippen LogP contribution in [0.3, 0.4) is 0 Å². The van der Waals surface area contributed by atoms with Crippen molar-refractivity contribution in [2.75, 3.05) is 26.9 Å². The number of fused-ring (bicyclic) bond motifs is 1. The zero-order valence-electron chi connectivity index (χ0n) is 14.4. The fourth-order valence-corrected chi connectivity index (χ4v) is 2.84. The van der Waals surface area contributed by atoms with E-state index in [9.17, 15) is 4.79 Å². The van der Waals surface area contributed by atoms with Crippen molar-refractivity contribution < 1.29 is 19.0 Å². The van der Waals surface area contributed by atoms with E-state index in [4.69, 9.17) is 14.2 Å². The van der Waals surface area contributed by atoms with Gasteiger partial charge in [0, 0.05) is 13.0 Å². The molecule has 5 nitrogen and oxygen atoms in total. The fraction of sp³-hybridized carbons (Fsp3) is 0.350. The quantitative estimate of drug-likeness (QED) is 0.841. The topological polar surface area (TPSA) is 56.8 Å². The predicted molar refractivity (Wildman–Crippen MR) is 95.5 cm³/mol. The summed E-state index contributed by atoms with van der Waals surface area (Å²) in [5.74, 6) is 2.44. The van der Waals surface area contributed by atoms with Gasteiger partial charge in [-0.25, -0.2) is 0 Å². The lowest BCUT2D eigenvalue weighted by molar-refractivity contribution is -0.121. The van der Waals surface area contributed by atoms with E-state index in [0.29, 0.717) is 32.6 Å². The number of aryl methyl sites for hydroxylation is 1. The molecule has 0 aromatic heterocycles. The number of carbonyl (C=O) groups is 1. The summed E-state index contributed by atoms with van der Waals surface area (Å²) in [5.41, 5.74) is 2.17. The number of para-hydroxylation sites is 1. The van der Waals surface area contributed by atoms with Crippen molar-refractivity contribution in [3.63, 3.8) is 0 Å². The van der Waals surface area contributed by atoms with Gasteiger partial charge >= 0.3 is 0 Å². The molecule has 1 heterocycles. The molecular weight excluding hydrogens is 318 g/mol. The molecule has 0 atom stereocenters. The van der Waals surface area contributed by atoms with Crippen molar-refractivity contribution >= 4 is 5.91 Å². The number of hydrogen-bond donors (Lipinski definition) is 1. The molecule has 1 N–H and O–H groups in total. The number of hydrogen-bond acceptors (Lipinski definition) is 4. The first kappa shape index (κ1) is 17.1. The molecule has 0 unspecified atom stereocenters. The maximum absolute atomic E-state index is 12.0. The molecule has 5 heteroatoms. The van der Waals surface area contributed by atoms with Crippen LogP contribution in [0, 0.1) is 0 Å². The maximum atomic E-state index is 12.0. The second kappa shape index (κ2) is 8.42. The molecule has 0 bridgehead atoms. The Morgan fingerprint density at radius 2 is 1.88 bits per heavy atom. The van der Waals surface area contributed by atoms with Gasteiger partial charge in [0.15, 0.2) is 11.5 Å². The molecule has 1 aliphatic heterocycles. The van der Waals surface area contributed by atoms with Crippen LogP contribution >= 0.6 is 0 Å². The van der Waals surface area contributed by atoms with Gasteiger partial charge in [-0.15, -0.1) is 0 Å². The second-order valence-electron chi connectivity index (χ2n) is 5.89. The first-order valence-electron chi connectivity index (χ1n) is 8.53. The highest BCUT2D eigenvalue weighted by atomic mass is 16.6. The lowest BCUT2D eigenvalue weighted by Gasteiger charge is -2.18. The summed E-state index contributed by atoms with van der Waals surface area (Å²) < 4.78 is 16.4. The van der Waals surface area contributed by atoms with Gasteiger partial charge in [0.05, 0.1) is 7.11 Å². The Morgan fingerprint density at radius 1 is 1.08 bits per heavy atom. The molecule has 0 saturated heterocycles. The van der Waals surface area contributed by atoms with Crippen LogP contribution in [0.4, 0.5) is 0 Å². The van der Waals surface area contributed by atoms with Gasteiger partial charge in [0.2, 0.25) is 5.91 Å². The van der Waals surface area contributed by atoms with Crippen LogP contribution in [0.5, 0.6) is 17.2 Å². The monoisotopic (exact) mass is 341 g/mol. The average molecular weight is 341 g/mol. The molecule has 0 aliphatic carbocycles. The lowest BCUT2D eigenvalue weighted by atomic mass is 10.1. The molecular formula is C20H23NO4. The van der Waals surface area contributed by atoms with E-state index in [2.05, 4.69) is 5.32 Å². The molecule has 0 fully saturated rings. The summed E-state index contributed by atoms with van der Waals surface area (Å²) in [7, 11) is 1.65. The van der Waals surface area contributed by atoms with Crippen molar-refractivity contribution in [3.05, 3.63) is 53.6 Å². The van der Waals surface area contributed by atoms with Gasteiger partial charge in [-0.05, 0) is 42.2 Å². The number of carbonyl (C=O) groups excluding carboxylic acids is 1. The molecule has 1 aliphatic rings. The number of benzene rings is 2. The van der Waals surface area contributed by atoms with Crippen LogP contribution < -0.4 is 19.5 Å². The molecule has 0 spiro atoms. The van der Waals surface area contributed by atoms with E-state index in [-0.39, 0.29) is 5.91 Å². The van der Waals surface area contributed by atoms with Gasteiger partial charge in [-0.1, -0.05) is 24.3 Å². The van der Waals surface area contributed by atoms with Crippen LogP contribution in [0.15, 0.2) is 42.5 Å². The van der Waals surface area contributed by atoms with Crippen molar-refractivity contribution in [2.45, 2.75) is 19.3 Å². The largest absolute Gasteiger partial charge is 0.496 e. The molecule has 25 heavy (non-hydrogen) atoms. The minimum absolute atomic E-state index is 0.0449. The highest BCUT2D eigenvalue weighted by Crippen LogP contribution is 2.30. The van der Waals surface area contributed by atoms with Crippen molar-refractivity contribution in [3.8, 4) is 17.2 Å². The van der Waals surface area contributed by atoms with E-state index < -0.39 is 0 Å². The van der Waals surface area contributed by atoms with Crippen LogP contribution in [-0.2, 0) is 17.6 Å². The highest BCUT2D eigenvalue weighted by Gasteiger charge is 2.12. The summed E-state index contributed by atoms with van der Waals surface area (Å²) in [6.45, 7) is 1.77. The van der Waals surface area contributed by atoms with Gasteiger partial charge in [0.25, 0.3) is 0 Å². The Kier molecular flexibility index (Phi) is 5.77. The van der Waals surface area contributed by atoms with Crippen molar-refractivity contribution in [1.29, 1.82) is 0 Å². The smallest absolute Gasteiger partial charge is 0.220 e. The summed E-state index contributed by atoms with van der Waals surface area (Å²) in [6, 6.07) is 13.7. The molecule has 2 aromatic carbocycles. The zero-order valence-corrected chi connectivity index (χ0v) is 14.4. The van der Waals surface area contributed by atoms with Crippen molar-refractivity contribution in [2.24, 2.45) is 0 Å². The number of methoxy groups -OCH3 is 1. The van der Waals surface area contributed by atoms with Crippen molar-refractivity contribution in [1.82, 2.24) is 5.32 Å². The highest BCUT2D eigenvalue weighted by molar-refractivity contribution is 5.76. The number of ether oxygens (including phenoxy) is 3. The Hall–Kier alpha value is -2.69. The molecule has 0 saturated carbocycles. The lowest BCUT2D eigenvalue weighted by Crippen LogP contribution is -2.26. The first-order valence-corrected chi connectivity index (χ1v) is 8.53. The van der Waals surface area contributed by atoms with Gasteiger partial charge < -0.3 is 19.5 Å². The Morgan fingerprint density at radius 3 is 2.72 bits per heavy atom. The van der Waals surface area contributed by atoms with E-state index in [1.54, 1.807) is 7.11 Å². The predicted octanol–water partition coefficient (Wildman–Crippen LogP) is 2.76. The number of amides is 1. The normalized spacial score (nSPS) is 12.5. The maximum Gasteiger partial charge on any atom is 0.220 e. The Balaban J connectivity index is 1.43. The summed E-state index contributed by atoms with van der Waals surface area (Å²) >= 11 is 0. The average Bonchev–Trinajstić information content (AvgIpc) is 2.66. The van der Waals surface area contributed by atoms with Gasteiger partial charge in [-0.3, -0.25) is 4.79 Å². The van der Waals surface area contributed by atoms with Gasteiger partial charge in [-0.2, -0.15) is 0 Å². The molecule has 1 amide bonds. The van der Waals surface area contributed by atoms with Crippen LogP contribution in [-0.4, -0.2) is 32.8 Å². The second-order valence-corrected chi connectivity index (χ2v) is 5.89. The van der Waals surface area contributed by atoms with Crippen LogP contribution in [0.1, 0.15) is 17.5 Å². The molecule has 3 rings (SSSR count). The molecule has 2 aromatic rings. The molecule has 132 valence electrons. The number of nitrogens with one attached hydrogen (secondary N) is 1. The third-order valence-corrected chi connectivity index (χ3v) is 4.16. The van der Waals surface area contributed by atoms with E-state index >= 15 is 0 Å². The third kappa shape index (κ3) is 4.66. The summed E-state index contributed by atoms with van der Waals surface area (Å²) in [5, 5.41) is 2.97. The Labute approximate surface area is 147 Å². The third-order valence-electron chi connectivity index (χ3n) is 4.16. The van der Waals surface area contributed by atoms with E-state index in [0.717, 1.165) is 34.8 Å². The van der Waals surface area contributed by atoms with Crippen LogP contribution in [0.2, 0.25) is 0 Å². The zero-order chi connectivity index (χ0) is 17.5. The first-order chi connectivity index (χ1) is 12.3. The summed E-state index contributed by atoms with van der Waals surface area (Å²) in [6.07, 6.45) is 1.87. The van der Waals surface area contributed by atoms with E-state index in [1.165, 1.54) is 0 Å². The minimum atomic E-state index is 0.0449. The fourth-order valence-electron chi connectivity index (χ4n) is 2.84. The van der Waals surface area contributed by atoms with E-state index in [1.807, 2.05) is 42.5 Å². The molecule has 0 radical (unpaired) electrons. The number of rotatable bonds is 7.